The Morgan fingerprint density at radius 1 is 1.08 bits per heavy atom. The van der Waals surface area contributed by atoms with Crippen molar-refractivity contribution in [3.8, 4) is 22.8 Å². The Balaban J connectivity index is 1.70. The van der Waals surface area contributed by atoms with Gasteiger partial charge in [0.2, 0.25) is 0 Å². The third-order valence-electron chi connectivity index (χ3n) is 6.76. The highest BCUT2D eigenvalue weighted by molar-refractivity contribution is 6.41. The summed E-state index contributed by atoms with van der Waals surface area (Å²) in [5.74, 6) is 1.85. The van der Waals surface area contributed by atoms with Gasteiger partial charge >= 0.3 is 0 Å². The van der Waals surface area contributed by atoms with Crippen molar-refractivity contribution in [2.45, 2.75) is 26.3 Å². The molecule has 1 fully saturated rings. The first-order valence-electron chi connectivity index (χ1n) is 12.0. The van der Waals surface area contributed by atoms with Crippen molar-refractivity contribution in [1.82, 2.24) is 9.55 Å². The van der Waals surface area contributed by atoms with Crippen LogP contribution in [0.25, 0.3) is 22.0 Å². The van der Waals surface area contributed by atoms with E-state index in [4.69, 9.17) is 32.7 Å². The normalized spacial score (nSPS) is 13.0. The zero-order chi connectivity index (χ0) is 26.3. The Bertz CT molecular complexity index is 1540. The molecule has 192 valence electrons. The second kappa shape index (κ2) is 10.1. The minimum atomic E-state index is -0.127. The van der Waals surface area contributed by atoms with Gasteiger partial charge in [0, 0.05) is 36.8 Å². The second-order valence-electron chi connectivity index (χ2n) is 9.20. The Hall–Kier alpha value is -3.42. The molecule has 0 saturated heterocycles. The number of benzene rings is 2. The minimum absolute atomic E-state index is 0.127. The predicted molar refractivity (Wildman–Crippen MR) is 151 cm³/mol. The van der Waals surface area contributed by atoms with E-state index in [-0.39, 0.29) is 5.56 Å². The molecule has 2 aromatic carbocycles. The largest absolute Gasteiger partial charge is 0.495 e. The van der Waals surface area contributed by atoms with Crippen LogP contribution in [0, 0.1) is 12.8 Å². The van der Waals surface area contributed by atoms with Crippen LogP contribution in [0.3, 0.4) is 0 Å². The number of para-hydroxylation sites is 1. The maximum atomic E-state index is 14.0. The van der Waals surface area contributed by atoms with E-state index in [1.165, 1.54) is 14.2 Å². The summed E-state index contributed by atoms with van der Waals surface area (Å²) in [5, 5.41) is 8.46. The van der Waals surface area contributed by atoms with Gasteiger partial charge < -0.3 is 24.7 Å². The number of methoxy groups -OCH3 is 2. The maximum Gasteiger partial charge on any atom is 0.259 e. The molecule has 0 spiro atoms. The van der Waals surface area contributed by atoms with Gasteiger partial charge in [-0.3, -0.25) is 4.79 Å². The average molecular weight is 539 g/mol. The number of hydrogen-bond acceptors (Lipinski definition) is 6. The van der Waals surface area contributed by atoms with E-state index < -0.39 is 0 Å². The number of pyridine rings is 2. The Morgan fingerprint density at radius 3 is 2.41 bits per heavy atom. The molecule has 0 atom stereocenters. The highest BCUT2D eigenvalue weighted by atomic mass is 35.5. The molecule has 0 amide bonds. The lowest BCUT2D eigenvalue weighted by Crippen LogP contribution is -2.23. The number of ether oxygens (including phenoxy) is 2. The van der Waals surface area contributed by atoms with E-state index in [2.05, 4.69) is 15.6 Å². The Morgan fingerprint density at radius 2 is 1.78 bits per heavy atom. The zero-order valence-corrected chi connectivity index (χ0v) is 22.6. The van der Waals surface area contributed by atoms with E-state index in [1.54, 1.807) is 22.9 Å². The number of aromatic nitrogens is 2. The van der Waals surface area contributed by atoms with Gasteiger partial charge in [0.1, 0.15) is 17.3 Å². The lowest BCUT2D eigenvalue weighted by molar-refractivity contribution is 0.395. The molecule has 2 heterocycles. The highest BCUT2D eigenvalue weighted by Crippen LogP contribution is 2.46. The topological polar surface area (TPSA) is 77.4 Å². The van der Waals surface area contributed by atoms with Crippen molar-refractivity contribution < 1.29 is 9.47 Å². The number of fused-ring (bicyclic) bond motifs is 1. The zero-order valence-electron chi connectivity index (χ0n) is 21.1. The standard InChI is InChI=1S/C28H28Cl2N4O3/c1-15-6-5-7-19(31-2)27(15)33-23-11-18-17(13-32-23)10-20(34(28(18)35)14-16-8-9-16)24-25(29)21(36-3)12-22(37-4)26(24)30/h5-7,10-13,16,31H,8-9,14H2,1-4H3,(H,32,33). The number of hydrogen-bond donors (Lipinski definition) is 2. The molecule has 1 saturated carbocycles. The van der Waals surface area contributed by atoms with Gasteiger partial charge in [-0.1, -0.05) is 35.3 Å². The molecule has 9 heteroatoms. The molecule has 1 aliphatic carbocycles. The third-order valence-corrected chi connectivity index (χ3v) is 7.51. The van der Waals surface area contributed by atoms with Gasteiger partial charge in [0.05, 0.1) is 46.7 Å². The molecule has 0 bridgehead atoms. The summed E-state index contributed by atoms with van der Waals surface area (Å²) in [6.07, 6.45) is 3.85. The summed E-state index contributed by atoms with van der Waals surface area (Å²) < 4.78 is 12.7. The SMILES string of the molecule is CNc1cccc(C)c1Nc1cc2c(=O)n(CC3CC3)c(-c3c(Cl)c(OC)cc(OC)c3Cl)cc2cn1. The number of rotatable bonds is 8. The summed E-state index contributed by atoms with van der Waals surface area (Å²) in [7, 11) is 4.93. The monoisotopic (exact) mass is 538 g/mol. The lowest BCUT2D eigenvalue weighted by atomic mass is 10.1. The number of anilines is 3. The molecule has 0 radical (unpaired) electrons. The van der Waals surface area contributed by atoms with Gasteiger partial charge in [-0.25, -0.2) is 4.98 Å². The van der Waals surface area contributed by atoms with Crippen LogP contribution in [-0.2, 0) is 6.54 Å². The first-order valence-corrected chi connectivity index (χ1v) is 12.8. The van der Waals surface area contributed by atoms with Crippen LogP contribution in [0.5, 0.6) is 11.5 Å². The number of aryl methyl sites for hydroxylation is 1. The first-order chi connectivity index (χ1) is 17.9. The summed E-state index contributed by atoms with van der Waals surface area (Å²) in [6.45, 7) is 2.60. The molecule has 4 aromatic rings. The van der Waals surface area contributed by atoms with Crippen LogP contribution in [0.15, 0.2) is 47.4 Å². The fourth-order valence-electron chi connectivity index (χ4n) is 4.54. The van der Waals surface area contributed by atoms with Crippen molar-refractivity contribution in [2.24, 2.45) is 5.92 Å². The van der Waals surface area contributed by atoms with E-state index in [1.807, 2.05) is 38.2 Å². The van der Waals surface area contributed by atoms with Crippen LogP contribution < -0.4 is 25.7 Å². The van der Waals surface area contributed by atoms with Crippen molar-refractivity contribution >= 4 is 51.2 Å². The summed E-state index contributed by atoms with van der Waals surface area (Å²) in [6, 6.07) is 11.3. The molecule has 1 aliphatic rings. The van der Waals surface area contributed by atoms with Crippen molar-refractivity contribution in [2.75, 3.05) is 31.9 Å². The number of halogens is 2. The minimum Gasteiger partial charge on any atom is -0.495 e. The van der Waals surface area contributed by atoms with Gasteiger partial charge in [-0.2, -0.15) is 0 Å². The molecule has 5 rings (SSSR count). The molecular formula is C28H28Cl2N4O3. The van der Waals surface area contributed by atoms with Crippen molar-refractivity contribution in [1.29, 1.82) is 0 Å². The smallest absolute Gasteiger partial charge is 0.259 e. The predicted octanol–water partition coefficient (Wildman–Crippen LogP) is 6.89. The highest BCUT2D eigenvalue weighted by Gasteiger charge is 2.27. The quantitative estimate of drug-likeness (QED) is 0.254. The number of nitrogens with one attached hydrogen (secondary N) is 2. The van der Waals surface area contributed by atoms with Gasteiger partial charge in [0.15, 0.2) is 0 Å². The Kier molecular flexibility index (Phi) is 6.92. The third kappa shape index (κ3) is 4.69. The molecule has 7 nitrogen and oxygen atoms in total. The second-order valence-corrected chi connectivity index (χ2v) is 9.96. The van der Waals surface area contributed by atoms with Crippen LogP contribution >= 0.6 is 23.2 Å². The van der Waals surface area contributed by atoms with Crippen molar-refractivity contribution in [3.63, 3.8) is 0 Å². The lowest BCUT2D eigenvalue weighted by Gasteiger charge is -2.20. The summed E-state index contributed by atoms with van der Waals surface area (Å²) in [4.78, 5) is 18.6. The number of nitrogens with zero attached hydrogens (tertiary/aromatic N) is 2. The maximum absolute atomic E-state index is 14.0. The average Bonchev–Trinajstić information content (AvgIpc) is 3.72. The fourth-order valence-corrected chi connectivity index (χ4v) is 5.24. The molecule has 0 unspecified atom stereocenters. The van der Waals surface area contributed by atoms with Gasteiger partial charge in [-0.15, -0.1) is 0 Å². The molecule has 37 heavy (non-hydrogen) atoms. The van der Waals surface area contributed by atoms with Crippen molar-refractivity contribution in [3.05, 3.63) is 68.6 Å². The summed E-state index contributed by atoms with van der Waals surface area (Å²) >= 11 is 13.5. The van der Waals surface area contributed by atoms with E-state index in [0.717, 1.165) is 29.8 Å². The van der Waals surface area contributed by atoms with Crippen LogP contribution in [0.2, 0.25) is 10.0 Å². The summed E-state index contributed by atoms with van der Waals surface area (Å²) in [5.41, 5.74) is 3.90. The van der Waals surface area contributed by atoms with Crippen LogP contribution in [0.1, 0.15) is 18.4 Å². The van der Waals surface area contributed by atoms with E-state index in [9.17, 15) is 4.79 Å². The van der Waals surface area contributed by atoms with Gasteiger partial charge in [0.25, 0.3) is 5.56 Å². The van der Waals surface area contributed by atoms with Crippen LogP contribution in [0.4, 0.5) is 17.2 Å². The van der Waals surface area contributed by atoms with E-state index in [0.29, 0.717) is 61.9 Å². The molecular weight excluding hydrogens is 511 g/mol. The molecule has 2 N–H and O–H groups in total. The fraction of sp³-hybridized carbons (Fsp3) is 0.286. The Labute approximate surface area is 225 Å². The van der Waals surface area contributed by atoms with Crippen LogP contribution in [-0.4, -0.2) is 30.8 Å². The van der Waals surface area contributed by atoms with E-state index >= 15 is 0 Å². The first kappa shape index (κ1) is 25.2. The molecule has 0 aliphatic heterocycles. The van der Waals surface area contributed by atoms with Gasteiger partial charge in [-0.05, 0) is 49.4 Å². The molecule has 2 aromatic heterocycles.